The number of cyclic esters (lactones) is 1. The summed E-state index contributed by atoms with van der Waals surface area (Å²) in [5.74, 6) is -0.840. The maximum Gasteiger partial charge on any atom is 0.311 e. The van der Waals surface area contributed by atoms with E-state index in [9.17, 15) is 14.4 Å². The summed E-state index contributed by atoms with van der Waals surface area (Å²) in [7, 11) is 0. The van der Waals surface area contributed by atoms with E-state index in [-0.39, 0.29) is 29.6 Å². The van der Waals surface area contributed by atoms with Gasteiger partial charge >= 0.3 is 5.97 Å². The molecule has 4 rings (SSSR count). The monoisotopic (exact) mass is 365 g/mol. The van der Waals surface area contributed by atoms with E-state index in [1.54, 1.807) is 47.5 Å². The number of fused-ring (bicyclic) bond motifs is 1. The molecule has 0 radical (unpaired) electrons. The van der Waals surface area contributed by atoms with Crippen LogP contribution in [0.2, 0.25) is 0 Å². The summed E-state index contributed by atoms with van der Waals surface area (Å²) in [5.41, 5.74) is 2.19. The Hall–Kier alpha value is -3.22. The van der Waals surface area contributed by atoms with Crippen molar-refractivity contribution in [2.75, 3.05) is 25.0 Å². The molecule has 27 heavy (non-hydrogen) atoms. The van der Waals surface area contributed by atoms with E-state index in [1.807, 2.05) is 6.92 Å². The number of likely N-dealkylation sites (tertiary alicyclic amines) is 1. The molecule has 0 bridgehead atoms. The Morgan fingerprint density at radius 3 is 2.81 bits per heavy atom. The molecule has 0 aliphatic carbocycles. The molecule has 2 fully saturated rings. The van der Waals surface area contributed by atoms with Crippen LogP contribution in [-0.2, 0) is 9.53 Å². The molecule has 0 saturated carbocycles. The lowest BCUT2D eigenvalue weighted by Gasteiger charge is -2.18. The molecule has 2 amide bonds. The van der Waals surface area contributed by atoms with Crippen LogP contribution in [0.5, 0.6) is 0 Å². The predicted octanol–water partition coefficient (Wildman–Crippen LogP) is 1.89. The molecule has 7 nitrogen and oxygen atoms in total. The molecule has 138 valence electrons. The molecule has 7 heteroatoms. The first-order valence-corrected chi connectivity index (χ1v) is 8.82. The second kappa shape index (κ2) is 6.83. The third-order valence-corrected chi connectivity index (χ3v) is 5.10. The lowest BCUT2D eigenvalue weighted by molar-refractivity contribution is -0.141. The van der Waals surface area contributed by atoms with Crippen LogP contribution >= 0.6 is 0 Å². The van der Waals surface area contributed by atoms with Gasteiger partial charge in [-0.15, -0.1) is 0 Å². The number of nitrogens with one attached hydrogen (secondary N) is 1. The van der Waals surface area contributed by atoms with E-state index in [1.165, 1.54) is 0 Å². The van der Waals surface area contributed by atoms with E-state index in [2.05, 4.69) is 10.3 Å². The van der Waals surface area contributed by atoms with Crippen LogP contribution in [-0.4, -0.2) is 47.4 Å². The summed E-state index contributed by atoms with van der Waals surface area (Å²) >= 11 is 0. The molecule has 0 spiro atoms. The second-order valence-electron chi connectivity index (χ2n) is 6.91. The minimum Gasteiger partial charge on any atom is -0.465 e. The van der Waals surface area contributed by atoms with Crippen LogP contribution in [0, 0.1) is 18.8 Å². The van der Waals surface area contributed by atoms with Gasteiger partial charge in [-0.3, -0.25) is 19.4 Å². The number of benzene rings is 1. The number of carbonyl (C=O) groups excluding carboxylic acids is 3. The zero-order valence-electron chi connectivity index (χ0n) is 14.8. The largest absolute Gasteiger partial charge is 0.465 e. The van der Waals surface area contributed by atoms with Crippen LogP contribution in [0.4, 0.5) is 5.69 Å². The second-order valence-corrected chi connectivity index (χ2v) is 6.91. The van der Waals surface area contributed by atoms with Crippen LogP contribution in [0.15, 0.2) is 42.6 Å². The number of anilines is 1. The summed E-state index contributed by atoms with van der Waals surface area (Å²) < 4.78 is 5.04. The van der Waals surface area contributed by atoms with Gasteiger partial charge in [0.25, 0.3) is 11.8 Å². The van der Waals surface area contributed by atoms with Crippen molar-refractivity contribution in [3.05, 3.63) is 59.4 Å². The van der Waals surface area contributed by atoms with Gasteiger partial charge in [-0.05, 0) is 36.8 Å². The summed E-state index contributed by atoms with van der Waals surface area (Å²) in [6.07, 6.45) is 1.55. The first kappa shape index (κ1) is 17.2. The zero-order chi connectivity index (χ0) is 19.0. The molecule has 1 N–H and O–H groups in total. The minimum atomic E-state index is -0.332. The molecule has 2 aromatic rings. The van der Waals surface area contributed by atoms with E-state index in [4.69, 9.17) is 4.74 Å². The van der Waals surface area contributed by atoms with Crippen molar-refractivity contribution < 1.29 is 19.1 Å². The average Bonchev–Trinajstić information content (AvgIpc) is 3.26. The highest BCUT2D eigenvalue weighted by molar-refractivity contribution is 6.04. The smallest absolute Gasteiger partial charge is 0.311 e. The Bertz CT molecular complexity index is 913. The number of nitrogens with zero attached hydrogens (tertiary/aromatic N) is 2. The number of ether oxygens (including phenoxy) is 1. The normalized spacial score (nSPS) is 20.9. The average molecular weight is 365 g/mol. The van der Waals surface area contributed by atoms with Gasteiger partial charge in [0, 0.05) is 36.5 Å². The number of aromatic nitrogens is 1. The Morgan fingerprint density at radius 2 is 2.07 bits per heavy atom. The molecule has 3 heterocycles. The topological polar surface area (TPSA) is 88.6 Å². The van der Waals surface area contributed by atoms with Gasteiger partial charge in [-0.2, -0.15) is 0 Å². The Labute approximate surface area is 156 Å². The number of aryl methyl sites for hydroxylation is 1. The molecule has 2 aliphatic rings. The fourth-order valence-electron chi connectivity index (χ4n) is 3.52. The highest BCUT2D eigenvalue weighted by atomic mass is 16.5. The van der Waals surface area contributed by atoms with Gasteiger partial charge in [0.1, 0.15) is 5.69 Å². The van der Waals surface area contributed by atoms with Crippen molar-refractivity contribution in [2.24, 2.45) is 11.8 Å². The van der Waals surface area contributed by atoms with E-state index >= 15 is 0 Å². The fraction of sp³-hybridized carbons (Fsp3) is 0.300. The quantitative estimate of drug-likeness (QED) is 0.839. The van der Waals surface area contributed by atoms with Gasteiger partial charge in [-0.25, -0.2) is 0 Å². The number of hydrogen-bond acceptors (Lipinski definition) is 5. The maximum absolute atomic E-state index is 12.9. The van der Waals surface area contributed by atoms with Gasteiger partial charge in [0.05, 0.1) is 12.5 Å². The first-order chi connectivity index (χ1) is 13.0. The maximum atomic E-state index is 12.9. The van der Waals surface area contributed by atoms with Crippen molar-refractivity contribution >= 4 is 23.5 Å². The molecule has 0 unspecified atom stereocenters. The number of rotatable bonds is 3. The van der Waals surface area contributed by atoms with Crippen LogP contribution in [0.1, 0.15) is 26.4 Å². The number of esters is 1. The van der Waals surface area contributed by atoms with Crippen molar-refractivity contribution in [1.82, 2.24) is 9.88 Å². The summed E-state index contributed by atoms with van der Waals surface area (Å²) in [6, 6.07) is 10.3. The fourth-order valence-corrected chi connectivity index (χ4v) is 3.52. The van der Waals surface area contributed by atoms with Gasteiger partial charge in [0.15, 0.2) is 0 Å². The van der Waals surface area contributed by atoms with Crippen molar-refractivity contribution in [2.45, 2.75) is 6.92 Å². The minimum absolute atomic E-state index is 0.0789. The number of carbonyl (C=O) groups is 3. The highest BCUT2D eigenvalue weighted by Crippen LogP contribution is 2.31. The van der Waals surface area contributed by atoms with E-state index in [0.717, 1.165) is 5.56 Å². The van der Waals surface area contributed by atoms with Crippen molar-refractivity contribution in [3.8, 4) is 0 Å². The standard InChI is InChI=1S/C20H19N3O4/c1-12-5-6-13(8-17(12)22-18(24)16-4-2-3-7-21-16)19(25)23-9-14-11-27-20(26)15(14)10-23/h2-8,14-15H,9-11H2,1H3,(H,22,24)/t14-,15-/m1/s1. The molecule has 2 saturated heterocycles. The third-order valence-electron chi connectivity index (χ3n) is 5.10. The molecular formula is C20H19N3O4. The van der Waals surface area contributed by atoms with Crippen LogP contribution in [0.3, 0.4) is 0 Å². The van der Waals surface area contributed by atoms with Crippen molar-refractivity contribution in [3.63, 3.8) is 0 Å². The molecular weight excluding hydrogens is 346 g/mol. The summed E-state index contributed by atoms with van der Waals surface area (Å²) in [6.45, 7) is 3.13. The Balaban J connectivity index is 1.51. The van der Waals surface area contributed by atoms with Gasteiger partial charge in [-0.1, -0.05) is 12.1 Å². The SMILES string of the molecule is Cc1ccc(C(=O)N2C[C@@H]3COC(=O)[C@@H]3C2)cc1NC(=O)c1ccccn1. The lowest BCUT2D eigenvalue weighted by Crippen LogP contribution is -2.31. The zero-order valence-corrected chi connectivity index (χ0v) is 14.8. The number of hydrogen-bond donors (Lipinski definition) is 1. The molecule has 1 aromatic carbocycles. The van der Waals surface area contributed by atoms with Gasteiger partial charge < -0.3 is 15.0 Å². The predicted molar refractivity (Wildman–Crippen MR) is 97.2 cm³/mol. The molecule has 1 aromatic heterocycles. The number of pyridine rings is 1. The Morgan fingerprint density at radius 1 is 1.22 bits per heavy atom. The number of amides is 2. The Kier molecular flexibility index (Phi) is 4.35. The van der Waals surface area contributed by atoms with E-state index < -0.39 is 0 Å². The summed E-state index contributed by atoms with van der Waals surface area (Å²) in [4.78, 5) is 42.6. The lowest BCUT2D eigenvalue weighted by atomic mass is 10.0. The van der Waals surface area contributed by atoms with E-state index in [0.29, 0.717) is 36.6 Å². The van der Waals surface area contributed by atoms with Crippen LogP contribution < -0.4 is 5.32 Å². The third kappa shape index (κ3) is 3.28. The highest BCUT2D eigenvalue weighted by Gasteiger charge is 2.45. The summed E-state index contributed by atoms with van der Waals surface area (Å²) in [5, 5.41) is 2.81. The van der Waals surface area contributed by atoms with Crippen LogP contribution in [0.25, 0.3) is 0 Å². The first-order valence-electron chi connectivity index (χ1n) is 8.82. The molecule has 2 aliphatic heterocycles. The van der Waals surface area contributed by atoms with Crippen molar-refractivity contribution in [1.29, 1.82) is 0 Å². The van der Waals surface area contributed by atoms with Gasteiger partial charge in [0.2, 0.25) is 0 Å². The molecule has 2 atom stereocenters.